The van der Waals surface area contributed by atoms with Gasteiger partial charge in [0, 0.05) is 23.5 Å². The normalized spacial score (nSPS) is 22.3. The first-order valence-electron chi connectivity index (χ1n) is 6.62. The molecule has 1 fully saturated rings. The third-order valence-corrected chi connectivity index (χ3v) is 4.80. The number of β-lactam (4-membered cyclic amide) rings is 1. The third kappa shape index (κ3) is 3.44. The van der Waals surface area contributed by atoms with Crippen molar-refractivity contribution >= 4 is 36.3 Å². The van der Waals surface area contributed by atoms with Gasteiger partial charge in [0.2, 0.25) is 5.91 Å². The monoisotopic (exact) mass is 350 g/mol. The molecule has 0 aliphatic carbocycles. The fourth-order valence-corrected chi connectivity index (χ4v) is 3.74. The Morgan fingerprint density at radius 2 is 2.13 bits per heavy atom. The zero-order valence-corrected chi connectivity index (χ0v) is 13.6. The summed E-state index contributed by atoms with van der Waals surface area (Å²) in [5, 5.41) is 17.6. The number of carboxylic acid groups (broad SMARTS) is 1. The fraction of sp³-hybridized carbons (Fsp3) is 0.286. The smallest absolute Gasteiger partial charge is 0.352 e. The Hall–Kier alpha value is -2.15. The van der Waals surface area contributed by atoms with Crippen LogP contribution >= 0.6 is 11.8 Å². The van der Waals surface area contributed by atoms with E-state index in [0.717, 1.165) is 5.57 Å². The molecule has 1 unspecified atom stereocenters. The Balaban J connectivity index is 0.000000595. The predicted octanol–water partition coefficient (Wildman–Crippen LogP) is -0.430. The number of thiocyanates is 1. The highest BCUT2D eigenvalue weighted by molar-refractivity contribution is 8.00. The maximum absolute atomic E-state index is 11.8. The van der Waals surface area contributed by atoms with E-state index in [1.165, 1.54) is 22.1 Å². The second-order valence-electron chi connectivity index (χ2n) is 4.83. The highest BCUT2D eigenvalue weighted by atomic mass is 32.2. The van der Waals surface area contributed by atoms with E-state index in [0.29, 0.717) is 12.3 Å². The number of nitrogens with two attached hydrogens (primary N) is 1. The summed E-state index contributed by atoms with van der Waals surface area (Å²) in [6, 6.07) is 5.07. The van der Waals surface area contributed by atoms with Gasteiger partial charge in [-0.2, -0.15) is 0 Å². The summed E-state index contributed by atoms with van der Waals surface area (Å²) < 4.78 is 1.89. The molecule has 1 aromatic rings. The molecule has 1 saturated heterocycles. The molecular weight excluding hydrogens is 336 g/mol. The second kappa shape index (κ2) is 7.41. The van der Waals surface area contributed by atoms with Crippen LogP contribution in [-0.2, 0) is 28.8 Å². The largest absolute Gasteiger partial charge is 0.696 e. The van der Waals surface area contributed by atoms with E-state index in [-0.39, 0.29) is 17.0 Å². The molecule has 9 heteroatoms. The molecule has 7 nitrogen and oxygen atoms in total. The minimum Gasteiger partial charge on any atom is -0.696 e. The first-order chi connectivity index (χ1) is 11.0. The highest BCUT2D eigenvalue weighted by Gasteiger charge is 2.52. The number of nitriles is 1. The van der Waals surface area contributed by atoms with Crippen molar-refractivity contribution in [2.75, 3.05) is 5.75 Å². The van der Waals surface area contributed by atoms with Crippen molar-refractivity contribution < 1.29 is 19.3 Å². The number of thioether (sulfide) groups is 1. The molecule has 3 heterocycles. The fourth-order valence-electron chi connectivity index (χ4n) is 2.46. The number of amides is 1. The molecule has 3 N–H and O–H groups in total. The number of carbonyl (C=O) groups is 2. The third-order valence-electron chi connectivity index (χ3n) is 3.44. The molecule has 0 saturated carbocycles. The molecule has 0 bridgehead atoms. The number of hydrogen-bond donors (Lipinski definition) is 2. The van der Waals surface area contributed by atoms with Gasteiger partial charge in [-0.15, -0.1) is 11.8 Å². The van der Waals surface area contributed by atoms with Gasteiger partial charge in [-0.25, -0.2) is 14.6 Å². The summed E-state index contributed by atoms with van der Waals surface area (Å²) in [5.41, 5.74) is 6.53. The van der Waals surface area contributed by atoms with Gasteiger partial charge in [0.25, 0.3) is 0 Å². The predicted molar refractivity (Wildman–Crippen MR) is 85.3 cm³/mol. The molecular formula is C14H14N4O3S2. The second-order valence-corrected chi connectivity index (χ2v) is 6.12. The lowest BCUT2D eigenvalue weighted by Crippen LogP contribution is -2.68. The topological polar surface area (TPSA) is 111 Å². The molecule has 3 rings (SSSR count). The van der Waals surface area contributed by atoms with Gasteiger partial charge in [0.1, 0.15) is 17.1 Å². The van der Waals surface area contributed by atoms with Crippen LogP contribution in [0.25, 0.3) is 0 Å². The van der Waals surface area contributed by atoms with E-state index in [4.69, 9.17) is 11.0 Å². The zero-order chi connectivity index (χ0) is 17.0. The Morgan fingerprint density at radius 3 is 2.70 bits per heavy atom. The van der Waals surface area contributed by atoms with E-state index < -0.39 is 12.0 Å². The van der Waals surface area contributed by atoms with Crippen molar-refractivity contribution in [3.63, 3.8) is 0 Å². The van der Waals surface area contributed by atoms with Gasteiger partial charge in [-0.1, -0.05) is 11.5 Å². The van der Waals surface area contributed by atoms with E-state index >= 15 is 0 Å². The van der Waals surface area contributed by atoms with Crippen LogP contribution in [0.5, 0.6) is 0 Å². The molecule has 1 aromatic heterocycles. The Morgan fingerprint density at radius 1 is 1.52 bits per heavy atom. The number of fused-ring (bicyclic) bond motifs is 1. The summed E-state index contributed by atoms with van der Waals surface area (Å²) in [6.45, 7) is 0.460. The number of rotatable bonds is 3. The highest BCUT2D eigenvalue weighted by Crippen LogP contribution is 2.39. The number of aromatic nitrogens is 1. The number of hydrogen-bond acceptors (Lipinski definition) is 6. The van der Waals surface area contributed by atoms with Gasteiger partial charge >= 0.3 is 5.97 Å². The van der Waals surface area contributed by atoms with E-state index in [1.807, 2.05) is 35.2 Å². The summed E-state index contributed by atoms with van der Waals surface area (Å²) in [7, 11) is 0. The molecule has 2 aliphatic rings. The van der Waals surface area contributed by atoms with Crippen LogP contribution in [0, 0.1) is 10.7 Å². The minimum absolute atomic E-state index is 0.0943. The van der Waals surface area contributed by atoms with E-state index in [2.05, 4.69) is 12.6 Å². The Labute approximate surface area is 142 Å². The molecule has 1 amide bonds. The molecule has 0 radical (unpaired) electrons. The zero-order valence-electron chi connectivity index (χ0n) is 12.0. The Kier molecular flexibility index (Phi) is 5.54. The van der Waals surface area contributed by atoms with Gasteiger partial charge in [-0.05, 0) is 0 Å². The van der Waals surface area contributed by atoms with Crippen LogP contribution in [0.2, 0.25) is 0 Å². The minimum atomic E-state index is -1.07. The van der Waals surface area contributed by atoms with Crippen LogP contribution in [0.4, 0.5) is 0 Å². The maximum Gasteiger partial charge on any atom is 0.352 e. The van der Waals surface area contributed by atoms with Crippen molar-refractivity contribution in [2.45, 2.75) is 18.0 Å². The van der Waals surface area contributed by atoms with Crippen LogP contribution in [0.15, 0.2) is 41.9 Å². The molecule has 120 valence electrons. The molecule has 23 heavy (non-hydrogen) atoms. The van der Waals surface area contributed by atoms with Crippen molar-refractivity contribution in [1.29, 1.82) is 5.26 Å². The Bertz CT molecular complexity index is 687. The lowest BCUT2D eigenvalue weighted by Gasteiger charge is -2.47. The van der Waals surface area contributed by atoms with Gasteiger partial charge in [0.15, 0.2) is 18.9 Å². The van der Waals surface area contributed by atoms with Crippen LogP contribution in [-0.4, -0.2) is 39.1 Å². The summed E-state index contributed by atoms with van der Waals surface area (Å²) >= 11 is 5.22. The average Bonchev–Trinajstić information content (AvgIpc) is 2.55. The number of carboxylic acids is 1. The lowest BCUT2D eigenvalue weighted by atomic mass is 10.0. The van der Waals surface area contributed by atoms with Crippen molar-refractivity contribution in [1.82, 2.24) is 4.90 Å². The van der Waals surface area contributed by atoms with Crippen molar-refractivity contribution in [3.05, 3.63) is 41.9 Å². The SMILES string of the molecule is N#C[S-].NC1C(=O)N2C(C(=O)O)=C(C[n+]3ccccc3)CS[C@H]12. The lowest BCUT2D eigenvalue weighted by molar-refractivity contribution is -0.689. The van der Waals surface area contributed by atoms with Crippen LogP contribution in [0.1, 0.15) is 0 Å². The van der Waals surface area contributed by atoms with Crippen molar-refractivity contribution in [2.24, 2.45) is 5.73 Å². The number of pyridine rings is 1. The van der Waals surface area contributed by atoms with E-state index in [1.54, 1.807) is 0 Å². The molecule has 2 aliphatic heterocycles. The average molecular weight is 350 g/mol. The quantitative estimate of drug-likeness (QED) is 0.329. The number of aliphatic carboxylic acids is 1. The van der Waals surface area contributed by atoms with Gasteiger partial charge < -0.3 is 23.5 Å². The number of carbonyl (C=O) groups excluding carboxylic acids is 1. The summed E-state index contributed by atoms with van der Waals surface area (Å²) in [5.74, 6) is -0.802. The number of nitrogens with zero attached hydrogens (tertiary/aromatic N) is 3. The molecule has 0 spiro atoms. The van der Waals surface area contributed by atoms with Crippen LogP contribution < -0.4 is 10.3 Å². The van der Waals surface area contributed by atoms with Gasteiger partial charge in [0.05, 0.1) is 0 Å². The first kappa shape index (κ1) is 17.2. The summed E-state index contributed by atoms with van der Waals surface area (Å²) in [6.07, 6.45) is 3.74. The molecule has 0 aromatic carbocycles. The maximum atomic E-state index is 11.8. The van der Waals surface area contributed by atoms with Crippen molar-refractivity contribution in [3.8, 4) is 5.40 Å². The van der Waals surface area contributed by atoms with Crippen LogP contribution in [0.3, 0.4) is 0 Å². The standard InChI is InChI=1S/C13H13N3O3S.CHNS/c14-9-11(17)16-10(13(18)19)8(7-20-12(9)16)6-15-4-2-1-3-5-15;2-1-3/h1-5,9,12H,6-7,14H2;3H/t9?,12-;/m1./s1. The molecule has 2 atom stereocenters. The van der Waals surface area contributed by atoms with Gasteiger partial charge in [-0.3, -0.25) is 9.69 Å². The first-order valence-corrected chi connectivity index (χ1v) is 8.07. The summed E-state index contributed by atoms with van der Waals surface area (Å²) in [4.78, 5) is 24.6. The van der Waals surface area contributed by atoms with E-state index in [9.17, 15) is 14.7 Å².